The van der Waals surface area contributed by atoms with Gasteiger partial charge in [0.1, 0.15) is 11.6 Å². The number of piperazine rings is 1. The van der Waals surface area contributed by atoms with Gasteiger partial charge >= 0.3 is 0 Å². The van der Waals surface area contributed by atoms with Gasteiger partial charge in [0.15, 0.2) is 0 Å². The lowest BCUT2D eigenvalue weighted by molar-refractivity contribution is 0.139. The normalized spacial score (nSPS) is 17.6. The second-order valence-electron chi connectivity index (χ2n) is 4.75. The molecule has 0 aromatic heterocycles. The van der Waals surface area contributed by atoms with Crippen LogP contribution in [0, 0.1) is 11.6 Å². The second kappa shape index (κ2) is 6.36. The van der Waals surface area contributed by atoms with Crippen molar-refractivity contribution in [3.05, 3.63) is 35.4 Å². The Balaban J connectivity index is 1.88. The Bertz CT molecular complexity index is 459. The molecule has 1 heterocycles. The summed E-state index contributed by atoms with van der Waals surface area (Å²) in [7, 11) is 0. The van der Waals surface area contributed by atoms with Crippen LogP contribution in [0.25, 0.3) is 0 Å². The first-order valence-electron chi connectivity index (χ1n) is 6.21. The van der Waals surface area contributed by atoms with Gasteiger partial charge in [-0.1, -0.05) is 12.2 Å². The number of rotatable bonds is 4. The van der Waals surface area contributed by atoms with Gasteiger partial charge in [-0.15, -0.1) is 0 Å². The molecule has 19 heavy (non-hydrogen) atoms. The Hall–Kier alpha value is -1.11. The highest BCUT2D eigenvalue weighted by atomic mass is 32.1. The number of hydrogen-bond acceptors (Lipinski definition) is 3. The van der Waals surface area contributed by atoms with Crippen LogP contribution in [0.4, 0.5) is 8.78 Å². The lowest BCUT2D eigenvalue weighted by Gasteiger charge is -2.34. The predicted octanol–water partition coefficient (Wildman–Crippen LogP) is 1.37. The molecule has 1 aromatic rings. The molecule has 0 spiro atoms. The van der Waals surface area contributed by atoms with Crippen molar-refractivity contribution in [1.82, 2.24) is 9.80 Å². The molecule has 6 heteroatoms. The Morgan fingerprint density at radius 1 is 1.16 bits per heavy atom. The van der Waals surface area contributed by atoms with Gasteiger partial charge in [0.2, 0.25) is 0 Å². The first-order chi connectivity index (χ1) is 9.04. The smallest absolute Gasteiger partial charge is 0.127 e. The van der Waals surface area contributed by atoms with Crippen molar-refractivity contribution in [3.8, 4) is 0 Å². The third kappa shape index (κ3) is 4.19. The van der Waals surface area contributed by atoms with Gasteiger partial charge in [0, 0.05) is 44.8 Å². The Morgan fingerprint density at radius 2 is 1.79 bits per heavy atom. The van der Waals surface area contributed by atoms with Crippen LogP contribution >= 0.6 is 12.2 Å². The highest BCUT2D eigenvalue weighted by molar-refractivity contribution is 7.80. The number of thiocarbonyl (C=S) groups is 1. The molecular weight excluding hydrogens is 268 g/mol. The van der Waals surface area contributed by atoms with Crippen LogP contribution in [0.2, 0.25) is 0 Å². The monoisotopic (exact) mass is 285 g/mol. The minimum atomic E-state index is -0.400. The molecule has 0 unspecified atom stereocenters. The average molecular weight is 285 g/mol. The molecule has 0 amide bonds. The van der Waals surface area contributed by atoms with E-state index in [1.165, 1.54) is 12.1 Å². The molecule has 1 fully saturated rings. The lowest BCUT2D eigenvalue weighted by Crippen LogP contribution is -2.48. The summed E-state index contributed by atoms with van der Waals surface area (Å²) in [6.07, 6.45) is 0. The first kappa shape index (κ1) is 14.3. The fourth-order valence-electron chi connectivity index (χ4n) is 2.23. The van der Waals surface area contributed by atoms with Crippen molar-refractivity contribution in [3.63, 3.8) is 0 Å². The molecule has 3 nitrogen and oxygen atoms in total. The Labute approximate surface area is 117 Å². The molecule has 1 aromatic carbocycles. The van der Waals surface area contributed by atoms with E-state index >= 15 is 0 Å². The topological polar surface area (TPSA) is 32.5 Å². The van der Waals surface area contributed by atoms with Gasteiger partial charge < -0.3 is 5.73 Å². The first-order valence-corrected chi connectivity index (χ1v) is 6.62. The fraction of sp³-hybridized carbons (Fsp3) is 0.462. The summed E-state index contributed by atoms with van der Waals surface area (Å²) in [6, 6.07) is 3.57. The summed E-state index contributed by atoms with van der Waals surface area (Å²) in [6.45, 7) is 4.35. The van der Waals surface area contributed by atoms with E-state index in [1.807, 2.05) is 0 Å². The summed E-state index contributed by atoms with van der Waals surface area (Å²) in [4.78, 5) is 4.76. The van der Waals surface area contributed by atoms with Crippen LogP contribution in [0.15, 0.2) is 18.2 Å². The summed E-state index contributed by atoms with van der Waals surface area (Å²) in [5, 5.41) is 0. The predicted molar refractivity (Wildman–Crippen MR) is 74.9 cm³/mol. The SMILES string of the molecule is NC(=S)CN1CCN(Cc2cc(F)ccc2F)CC1. The molecule has 1 aliphatic rings. The summed E-state index contributed by atoms with van der Waals surface area (Å²) >= 11 is 4.87. The summed E-state index contributed by atoms with van der Waals surface area (Å²) < 4.78 is 26.6. The standard InChI is InChI=1S/C13H17F2N3S/c14-11-1-2-12(15)10(7-11)8-17-3-5-18(6-4-17)9-13(16)19/h1-2,7H,3-6,8-9H2,(H2,16,19). The molecule has 0 saturated carbocycles. The van der Waals surface area contributed by atoms with E-state index in [1.54, 1.807) is 0 Å². The van der Waals surface area contributed by atoms with Crippen molar-refractivity contribution in [2.24, 2.45) is 5.73 Å². The van der Waals surface area contributed by atoms with Crippen molar-refractivity contribution in [2.75, 3.05) is 32.7 Å². The van der Waals surface area contributed by atoms with Gasteiger partial charge in [-0.25, -0.2) is 8.78 Å². The summed E-state index contributed by atoms with van der Waals surface area (Å²) in [5.41, 5.74) is 5.91. The molecular formula is C13H17F2N3S. The molecule has 2 N–H and O–H groups in total. The van der Waals surface area contributed by atoms with E-state index in [0.29, 0.717) is 23.6 Å². The Morgan fingerprint density at radius 3 is 2.42 bits per heavy atom. The van der Waals surface area contributed by atoms with E-state index in [-0.39, 0.29) is 5.82 Å². The molecule has 2 rings (SSSR count). The molecule has 0 bridgehead atoms. The number of benzene rings is 1. The lowest BCUT2D eigenvalue weighted by atomic mass is 10.1. The van der Waals surface area contributed by atoms with Gasteiger partial charge in [-0.3, -0.25) is 9.80 Å². The van der Waals surface area contributed by atoms with E-state index in [2.05, 4.69) is 9.80 Å². The maximum absolute atomic E-state index is 13.5. The minimum Gasteiger partial charge on any atom is -0.392 e. The Kier molecular flexibility index (Phi) is 4.79. The van der Waals surface area contributed by atoms with Crippen LogP contribution < -0.4 is 5.73 Å². The van der Waals surface area contributed by atoms with Crippen LogP contribution in [0.3, 0.4) is 0 Å². The zero-order valence-corrected chi connectivity index (χ0v) is 11.4. The summed E-state index contributed by atoms with van der Waals surface area (Å²) in [5.74, 6) is -0.754. The van der Waals surface area contributed by atoms with E-state index in [4.69, 9.17) is 18.0 Å². The van der Waals surface area contributed by atoms with Crippen molar-refractivity contribution < 1.29 is 8.78 Å². The fourth-order valence-corrected chi connectivity index (χ4v) is 2.41. The van der Waals surface area contributed by atoms with Gasteiger partial charge in [0.25, 0.3) is 0 Å². The van der Waals surface area contributed by atoms with E-state index in [9.17, 15) is 8.78 Å². The quantitative estimate of drug-likeness (QED) is 0.847. The molecule has 0 atom stereocenters. The number of nitrogens with zero attached hydrogens (tertiary/aromatic N) is 2. The highest BCUT2D eigenvalue weighted by Gasteiger charge is 2.18. The molecule has 0 aliphatic carbocycles. The molecule has 1 aliphatic heterocycles. The zero-order valence-electron chi connectivity index (χ0n) is 10.6. The van der Waals surface area contributed by atoms with Crippen molar-refractivity contribution in [1.29, 1.82) is 0 Å². The van der Waals surface area contributed by atoms with Crippen molar-refractivity contribution >= 4 is 17.2 Å². The maximum atomic E-state index is 13.5. The van der Waals surface area contributed by atoms with E-state index in [0.717, 1.165) is 32.2 Å². The highest BCUT2D eigenvalue weighted by Crippen LogP contribution is 2.13. The van der Waals surface area contributed by atoms with E-state index < -0.39 is 5.82 Å². The largest absolute Gasteiger partial charge is 0.392 e. The molecule has 1 saturated heterocycles. The van der Waals surface area contributed by atoms with Crippen molar-refractivity contribution in [2.45, 2.75) is 6.54 Å². The average Bonchev–Trinajstić information content (AvgIpc) is 2.35. The van der Waals surface area contributed by atoms with Gasteiger partial charge in [-0.2, -0.15) is 0 Å². The van der Waals surface area contributed by atoms with Crippen LogP contribution in [-0.4, -0.2) is 47.5 Å². The number of nitrogens with two attached hydrogens (primary N) is 1. The number of hydrogen-bond donors (Lipinski definition) is 1. The third-order valence-electron chi connectivity index (χ3n) is 3.25. The minimum absolute atomic E-state index is 0.355. The molecule has 104 valence electrons. The van der Waals surface area contributed by atoms with Crippen LogP contribution in [0.1, 0.15) is 5.56 Å². The molecule has 0 radical (unpaired) electrons. The maximum Gasteiger partial charge on any atom is 0.127 e. The van der Waals surface area contributed by atoms with Crippen LogP contribution in [0.5, 0.6) is 0 Å². The third-order valence-corrected chi connectivity index (χ3v) is 3.38. The zero-order chi connectivity index (χ0) is 13.8. The van der Waals surface area contributed by atoms with Gasteiger partial charge in [0.05, 0.1) is 4.99 Å². The van der Waals surface area contributed by atoms with Crippen LogP contribution in [-0.2, 0) is 6.54 Å². The number of halogens is 2. The second-order valence-corrected chi connectivity index (χ2v) is 5.28. The van der Waals surface area contributed by atoms with Gasteiger partial charge in [-0.05, 0) is 18.2 Å².